The van der Waals surface area contributed by atoms with E-state index in [0.29, 0.717) is 51.7 Å². The van der Waals surface area contributed by atoms with Crippen molar-refractivity contribution < 1.29 is 23.8 Å². The molecule has 3 atom stereocenters. The molecule has 0 spiro atoms. The van der Waals surface area contributed by atoms with Crippen molar-refractivity contribution in [2.75, 3.05) is 32.1 Å². The zero-order chi connectivity index (χ0) is 28.3. The van der Waals surface area contributed by atoms with Crippen LogP contribution in [0.1, 0.15) is 37.9 Å². The third kappa shape index (κ3) is 6.81. The molecule has 0 aliphatic carbocycles. The van der Waals surface area contributed by atoms with E-state index in [4.69, 9.17) is 38.0 Å². The van der Waals surface area contributed by atoms with E-state index < -0.39 is 6.04 Å². The van der Waals surface area contributed by atoms with Gasteiger partial charge < -0.3 is 35.1 Å². The van der Waals surface area contributed by atoms with E-state index >= 15 is 0 Å². The Kier molecular flexibility index (Phi) is 8.99. The maximum Gasteiger partial charge on any atom is 0.260 e. The number of halogens is 1. The van der Waals surface area contributed by atoms with E-state index in [1.54, 1.807) is 36.1 Å². The monoisotopic (exact) mass is 572 g/mol. The first-order valence-corrected chi connectivity index (χ1v) is 13.4. The summed E-state index contributed by atoms with van der Waals surface area (Å²) >= 11 is 11.5. The van der Waals surface area contributed by atoms with Gasteiger partial charge in [0.25, 0.3) is 11.8 Å². The zero-order valence-electron chi connectivity index (χ0n) is 22.6. The first kappa shape index (κ1) is 28.7. The summed E-state index contributed by atoms with van der Waals surface area (Å²) in [5.41, 5.74) is 3.32. The van der Waals surface area contributed by atoms with Crippen molar-refractivity contribution in [3.8, 4) is 11.5 Å². The van der Waals surface area contributed by atoms with Crippen molar-refractivity contribution in [2.24, 2.45) is 0 Å². The van der Waals surface area contributed by atoms with Crippen LogP contribution in [-0.2, 0) is 14.3 Å². The van der Waals surface area contributed by atoms with Crippen molar-refractivity contribution in [3.63, 3.8) is 0 Å². The highest BCUT2D eigenvalue weighted by Crippen LogP contribution is 2.35. The molecule has 0 bridgehead atoms. The number of thiocarbonyl (C=S) groups is 1. The summed E-state index contributed by atoms with van der Waals surface area (Å²) in [5, 5.41) is 10.1. The number of ether oxygens (including phenoxy) is 3. The van der Waals surface area contributed by atoms with Crippen LogP contribution in [0.2, 0.25) is 5.02 Å². The number of methoxy groups -OCH3 is 1. The molecule has 1 saturated heterocycles. The largest absolute Gasteiger partial charge is 0.493 e. The molecule has 208 valence electrons. The number of nitrogens with one attached hydrogen (secondary N) is 3. The van der Waals surface area contributed by atoms with Crippen LogP contribution in [0, 0.1) is 6.92 Å². The lowest BCUT2D eigenvalue weighted by Crippen LogP contribution is -2.49. The normalized spacial score (nSPS) is 21.1. The van der Waals surface area contributed by atoms with Crippen LogP contribution < -0.4 is 25.4 Å². The molecule has 3 N–H and O–H groups in total. The number of rotatable bonds is 7. The van der Waals surface area contributed by atoms with Gasteiger partial charge in [0.05, 0.1) is 30.9 Å². The topological polar surface area (TPSA) is 101 Å². The molecule has 2 aromatic rings. The Hall–Kier alpha value is -3.34. The summed E-state index contributed by atoms with van der Waals surface area (Å²) in [5.74, 6) is 0.423. The van der Waals surface area contributed by atoms with Crippen LogP contribution in [0.4, 0.5) is 5.69 Å². The first-order valence-electron chi connectivity index (χ1n) is 12.7. The van der Waals surface area contributed by atoms with Crippen molar-refractivity contribution in [3.05, 3.63) is 63.8 Å². The first-order chi connectivity index (χ1) is 18.5. The lowest BCUT2D eigenvalue weighted by atomic mass is 9.94. The van der Waals surface area contributed by atoms with E-state index in [9.17, 15) is 9.59 Å². The van der Waals surface area contributed by atoms with Crippen molar-refractivity contribution in [1.82, 2.24) is 15.5 Å². The summed E-state index contributed by atoms with van der Waals surface area (Å²) in [6.07, 6.45) is -0.0541. The highest BCUT2D eigenvalue weighted by molar-refractivity contribution is 7.80. The molecular weight excluding hydrogens is 540 g/mol. The van der Waals surface area contributed by atoms with Gasteiger partial charge >= 0.3 is 0 Å². The number of hydrogen-bond acceptors (Lipinski definition) is 6. The Labute approximate surface area is 238 Å². The van der Waals surface area contributed by atoms with Gasteiger partial charge in [0.15, 0.2) is 23.2 Å². The highest BCUT2D eigenvalue weighted by Gasteiger charge is 2.31. The Morgan fingerprint density at radius 1 is 1.13 bits per heavy atom. The Bertz CT molecular complexity index is 1310. The summed E-state index contributed by atoms with van der Waals surface area (Å²) < 4.78 is 17.2. The number of nitrogens with zero attached hydrogens (tertiary/aromatic N) is 1. The van der Waals surface area contributed by atoms with Gasteiger partial charge in [0.2, 0.25) is 0 Å². The van der Waals surface area contributed by atoms with E-state index in [-0.39, 0.29) is 30.6 Å². The number of allylic oxidation sites excluding steroid dienone is 1. The molecule has 11 heteroatoms. The molecule has 0 saturated carbocycles. The summed E-state index contributed by atoms with van der Waals surface area (Å²) in [7, 11) is 1.52. The number of carbonyl (C=O) groups is 2. The van der Waals surface area contributed by atoms with Crippen LogP contribution in [0.15, 0.2) is 47.7 Å². The van der Waals surface area contributed by atoms with Gasteiger partial charge in [-0.1, -0.05) is 23.7 Å². The molecule has 9 nitrogen and oxygen atoms in total. The molecule has 0 aromatic heterocycles. The Balaban J connectivity index is 1.54. The van der Waals surface area contributed by atoms with Gasteiger partial charge in [-0.3, -0.25) is 9.59 Å². The maximum absolute atomic E-state index is 13.5. The molecule has 2 aliphatic rings. The zero-order valence-corrected chi connectivity index (χ0v) is 24.2. The van der Waals surface area contributed by atoms with Gasteiger partial charge in [0, 0.05) is 29.5 Å². The number of hydrogen-bond donors (Lipinski definition) is 3. The van der Waals surface area contributed by atoms with Gasteiger partial charge in [-0.05, 0) is 75.3 Å². The quantitative estimate of drug-likeness (QED) is 0.426. The van der Waals surface area contributed by atoms with Gasteiger partial charge in [0.1, 0.15) is 0 Å². The molecule has 2 amide bonds. The van der Waals surface area contributed by atoms with E-state index in [1.807, 2.05) is 32.9 Å². The number of benzene rings is 2. The third-order valence-corrected chi connectivity index (χ3v) is 7.06. The van der Waals surface area contributed by atoms with Gasteiger partial charge in [-0.2, -0.15) is 0 Å². The van der Waals surface area contributed by atoms with Crippen molar-refractivity contribution >= 4 is 46.4 Å². The molecule has 1 fully saturated rings. The lowest BCUT2D eigenvalue weighted by Gasteiger charge is -2.35. The molecule has 0 unspecified atom stereocenters. The number of anilines is 1. The number of morpholine rings is 1. The molecule has 0 radical (unpaired) electrons. The van der Waals surface area contributed by atoms with E-state index in [0.717, 1.165) is 11.1 Å². The van der Waals surface area contributed by atoms with Crippen LogP contribution in [0.5, 0.6) is 11.5 Å². The van der Waals surface area contributed by atoms with Crippen LogP contribution in [0.25, 0.3) is 0 Å². The predicted octanol–water partition coefficient (Wildman–Crippen LogP) is 4.10. The van der Waals surface area contributed by atoms with E-state index in [2.05, 4.69) is 16.0 Å². The lowest BCUT2D eigenvalue weighted by molar-refractivity contribution is -0.145. The average molecular weight is 573 g/mol. The van der Waals surface area contributed by atoms with E-state index in [1.165, 1.54) is 7.11 Å². The fraction of sp³-hybridized carbons (Fsp3) is 0.393. The fourth-order valence-corrected chi connectivity index (χ4v) is 5.20. The minimum Gasteiger partial charge on any atom is -0.493 e. The number of carbonyl (C=O) groups excluding carboxylic acids is 2. The van der Waals surface area contributed by atoms with Gasteiger partial charge in [-0.25, -0.2) is 0 Å². The summed E-state index contributed by atoms with van der Waals surface area (Å²) in [6, 6.07) is 10.1. The molecule has 2 aromatic carbocycles. The molecule has 4 rings (SSSR count). The second-order valence-electron chi connectivity index (χ2n) is 9.74. The van der Waals surface area contributed by atoms with Crippen LogP contribution in [-0.4, -0.2) is 60.8 Å². The molecule has 2 heterocycles. The average Bonchev–Trinajstić information content (AvgIpc) is 2.88. The standard InChI is InChI=1S/C28H33ClN4O5S/c1-15-6-8-20(29)11-21(15)31-27(35)25-18(4)30-28(39)32-26(25)19-7-9-22(23(10-19)36-5)37-14-24(34)33-12-16(2)38-17(3)13-33/h6-11,16-17,26H,12-14H2,1-5H3,(H,31,35)(H2,30,32,39)/t16-,17+,26-/m1/s1. The predicted molar refractivity (Wildman–Crippen MR) is 154 cm³/mol. The summed E-state index contributed by atoms with van der Waals surface area (Å²) in [4.78, 5) is 28.0. The van der Waals surface area contributed by atoms with Crippen molar-refractivity contribution in [1.29, 1.82) is 0 Å². The van der Waals surface area contributed by atoms with Crippen molar-refractivity contribution in [2.45, 2.75) is 45.9 Å². The number of aryl methyl sites for hydroxylation is 1. The molecular formula is C28H33ClN4O5S. The Morgan fingerprint density at radius 3 is 2.54 bits per heavy atom. The minimum absolute atomic E-state index is 0.0271. The third-order valence-electron chi connectivity index (χ3n) is 6.61. The fourth-order valence-electron chi connectivity index (χ4n) is 4.76. The van der Waals surface area contributed by atoms with Crippen LogP contribution in [0.3, 0.4) is 0 Å². The number of amides is 2. The van der Waals surface area contributed by atoms with Gasteiger partial charge in [-0.15, -0.1) is 0 Å². The minimum atomic E-state index is -0.556. The second kappa shape index (κ2) is 12.2. The van der Waals surface area contributed by atoms with Crippen LogP contribution >= 0.6 is 23.8 Å². The summed E-state index contributed by atoms with van der Waals surface area (Å²) in [6.45, 7) is 8.50. The molecule has 39 heavy (non-hydrogen) atoms. The molecule has 2 aliphatic heterocycles. The SMILES string of the molecule is COc1cc([C@H]2NC(=S)NC(C)=C2C(=O)Nc2cc(Cl)ccc2C)ccc1OCC(=O)N1C[C@@H](C)O[C@@H](C)C1. The highest BCUT2D eigenvalue weighted by atomic mass is 35.5. The second-order valence-corrected chi connectivity index (χ2v) is 10.6. The Morgan fingerprint density at radius 2 is 1.85 bits per heavy atom. The smallest absolute Gasteiger partial charge is 0.260 e. The maximum atomic E-state index is 13.5.